The fourth-order valence-corrected chi connectivity index (χ4v) is 5.68. The molecule has 194 valence electrons. The van der Waals surface area contributed by atoms with Crippen molar-refractivity contribution < 1.29 is 14.6 Å². The van der Waals surface area contributed by atoms with E-state index in [1.807, 2.05) is 55.3 Å². The minimum atomic E-state index is -0.878. The number of likely N-dealkylation sites (tertiary alicyclic amines) is 1. The molecular formula is C27H31ClN6O3. The number of hydrogen-bond donors (Lipinski definition) is 1. The zero-order valence-corrected chi connectivity index (χ0v) is 22.0. The van der Waals surface area contributed by atoms with E-state index >= 15 is 0 Å². The lowest BCUT2D eigenvalue weighted by molar-refractivity contribution is -0.137. The van der Waals surface area contributed by atoms with Crippen molar-refractivity contribution in [2.24, 2.45) is 7.05 Å². The van der Waals surface area contributed by atoms with E-state index in [1.54, 1.807) is 11.8 Å². The lowest BCUT2D eigenvalue weighted by Gasteiger charge is -2.33. The van der Waals surface area contributed by atoms with Crippen molar-refractivity contribution in [1.29, 1.82) is 0 Å². The highest BCUT2D eigenvalue weighted by atomic mass is 35.5. The molecule has 2 aromatic heterocycles. The van der Waals surface area contributed by atoms with Crippen LogP contribution in [0.25, 0.3) is 11.0 Å². The highest BCUT2D eigenvalue weighted by Gasteiger charge is 2.26. The normalized spacial score (nSPS) is 17.2. The third-order valence-corrected chi connectivity index (χ3v) is 7.72. The largest absolute Gasteiger partial charge is 0.494 e. The quantitative estimate of drug-likeness (QED) is 0.361. The van der Waals surface area contributed by atoms with E-state index in [-0.39, 0.29) is 6.42 Å². The molecule has 1 aliphatic rings. The van der Waals surface area contributed by atoms with Crippen molar-refractivity contribution in [3.63, 3.8) is 0 Å². The Bertz CT molecular complexity index is 1420. The highest BCUT2D eigenvalue weighted by molar-refractivity contribution is 6.31. The first-order valence-electron chi connectivity index (χ1n) is 12.4. The first-order chi connectivity index (χ1) is 17.9. The number of methoxy groups -OCH3 is 1. The number of aryl methyl sites for hydroxylation is 2. The molecule has 10 heteroatoms. The number of halogens is 1. The number of rotatable bonds is 8. The Hall–Kier alpha value is -3.43. The molecule has 0 amide bonds. The van der Waals surface area contributed by atoms with Crippen LogP contribution in [0.2, 0.25) is 5.02 Å². The maximum absolute atomic E-state index is 12.0. The van der Waals surface area contributed by atoms with Gasteiger partial charge in [0, 0.05) is 43.5 Å². The summed E-state index contributed by atoms with van der Waals surface area (Å²) in [6, 6.07) is 10.1. The predicted octanol–water partition coefficient (Wildman–Crippen LogP) is 4.58. The average Bonchev–Trinajstić information content (AvgIpc) is 3.56. The van der Waals surface area contributed by atoms with Crippen LogP contribution >= 0.6 is 11.6 Å². The van der Waals surface area contributed by atoms with Crippen LogP contribution in [-0.2, 0) is 18.4 Å². The molecule has 0 saturated carbocycles. The van der Waals surface area contributed by atoms with Crippen LogP contribution in [0.1, 0.15) is 53.5 Å². The van der Waals surface area contributed by atoms with Gasteiger partial charge in [-0.1, -0.05) is 28.9 Å². The molecule has 0 radical (unpaired) electrons. The smallest absolute Gasteiger partial charge is 0.304 e. The molecular weight excluding hydrogens is 492 g/mol. The zero-order valence-electron chi connectivity index (χ0n) is 21.3. The second-order valence-corrected chi connectivity index (χ2v) is 10.1. The number of ether oxygens (including phenoxy) is 1. The van der Waals surface area contributed by atoms with Gasteiger partial charge in [-0.15, -0.1) is 5.10 Å². The maximum atomic E-state index is 12.0. The number of aromatic nitrogens is 5. The van der Waals surface area contributed by atoms with E-state index in [0.29, 0.717) is 28.9 Å². The maximum Gasteiger partial charge on any atom is 0.304 e. The van der Waals surface area contributed by atoms with Crippen LogP contribution in [0, 0.1) is 6.92 Å². The molecule has 9 nitrogen and oxygen atoms in total. The minimum Gasteiger partial charge on any atom is -0.494 e. The van der Waals surface area contributed by atoms with Gasteiger partial charge in [0.05, 0.1) is 19.6 Å². The van der Waals surface area contributed by atoms with Crippen molar-refractivity contribution in [2.45, 2.75) is 44.7 Å². The number of aliphatic carboxylic acids is 1. The topological polar surface area (TPSA) is 98.3 Å². The first kappa shape index (κ1) is 25.2. The van der Waals surface area contributed by atoms with E-state index in [9.17, 15) is 9.90 Å². The first-order valence-corrected chi connectivity index (χ1v) is 12.8. The van der Waals surface area contributed by atoms with Crippen LogP contribution in [0.5, 0.6) is 5.75 Å². The zero-order chi connectivity index (χ0) is 26.1. The number of fused-ring (bicyclic) bond motifs is 1. The molecule has 2 aromatic carbocycles. The standard InChI is InChI=1S/C27H31ClN6O3/c1-17-21(13-24(37-3)27-26(17)30-31-32(27)2)22(14-25(35)36)18-7-8-23(28)19(12-18)15-33-10-4-6-20(16-33)34-11-5-9-29-34/h5,7-9,11-13,20,22H,4,6,10,14-16H2,1-3H3,(H,35,36). The SMILES string of the molecule is COc1cc(C(CC(=O)O)c2ccc(Cl)c(CN3CCCC(n4cccn4)C3)c2)c(C)c2nnn(C)c12. The third kappa shape index (κ3) is 5.06. The van der Waals surface area contributed by atoms with E-state index in [1.165, 1.54) is 0 Å². The van der Waals surface area contributed by atoms with Gasteiger partial charge in [-0.05, 0) is 66.8 Å². The molecule has 3 heterocycles. The number of carbonyl (C=O) groups is 1. The van der Waals surface area contributed by atoms with Crippen molar-refractivity contribution >= 4 is 28.6 Å². The van der Waals surface area contributed by atoms with Crippen molar-refractivity contribution in [1.82, 2.24) is 29.7 Å². The molecule has 37 heavy (non-hydrogen) atoms. The van der Waals surface area contributed by atoms with Crippen LogP contribution < -0.4 is 4.74 Å². The van der Waals surface area contributed by atoms with Gasteiger partial charge in [-0.25, -0.2) is 4.68 Å². The van der Waals surface area contributed by atoms with Crippen molar-refractivity contribution in [3.8, 4) is 5.75 Å². The van der Waals surface area contributed by atoms with Crippen LogP contribution in [0.3, 0.4) is 0 Å². The summed E-state index contributed by atoms with van der Waals surface area (Å²) in [7, 11) is 3.41. The molecule has 1 fully saturated rings. The van der Waals surface area contributed by atoms with Gasteiger partial charge in [0.15, 0.2) is 0 Å². The second kappa shape index (κ2) is 10.5. The molecule has 2 unspecified atom stereocenters. The number of nitrogens with zero attached hydrogens (tertiary/aromatic N) is 6. The Morgan fingerprint density at radius 2 is 2.16 bits per heavy atom. The average molecular weight is 523 g/mol. The van der Waals surface area contributed by atoms with E-state index in [0.717, 1.165) is 53.7 Å². The summed E-state index contributed by atoms with van der Waals surface area (Å²) in [5.41, 5.74) is 5.13. The van der Waals surface area contributed by atoms with Gasteiger partial charge in [-0.2, -0.15) is 5.10 Å². The second-order valence-electron chi connectivity index (χ2n) is 9.72. The van der Waals surface area contributed by atoms with Gasteiger partial charge in [0.25, 0.3) is 0 Å². The van der Waals surface area contributed by atoms with Crippen LogP contribution in [0.15, 0.2) is 42.7 Å². The summed E-state index contributed by atoms with van der Waals surface area (Å²) in [6.45, 7) is 4.52. The van der Waals surface area contributed by atoms with Gasteiger partial charge in [0.2, 0.25) is 0 Å². The Labute approximate surface area is 220 Å². The molecule has 5 rings (SSSR count). The minimum absolute atomic E-state index is 0.0675. The summed E-state index contributed by atoms with van der Waals surface area (Å²) in [5.74, 6) is -0.658. The number of benzene rings is 2. The molecule has 0 spiro atoms. The van der Waals surface area contributed by atoms with Crippen molar-refractivity contribution in [2.75, 3.05) is 20.2 Å². The number of piperidine rings is 1. The van der Waals surface area contributed by atoms with Crippen molar-refractivity contribution in [3.05, 3.63) is 70.0 Å². The van der Waals surface area contributed by atoms with E-state index < -0.39 is 11.9 Å². The monoisotopic (exact) mass is 522 g/mol. The number of hydrogen-bond acceptors (Lipinski definition) is 6. The summed E-state index contributed by atoms with van der Waals surface area (Å²) >= 11 is 6.67. The highest BCUT2D eigenvalue weighted by Crippen LogP contribution is 2.39. The van der Waals surface area contributed by atoms with E-state index in [4.69, 9.17) is 16.3 Å². The summed E-state index contributed by atoms with van der Waals surface area (Å²) in [4.78, 5) is 14.4. The van der Waals surface area contributed by atoms with Crippen LogP contribution in [0.4, 0.5) is 0 Å². The Morgan fingerprint density at radius 3 is 2.89 bits per heavy atom. The molecule has 1 N–H and O–H groups in total. The van der Waals surface area contributed by atoms with Gasteiger partial charge in [-0.3, -0.25) is 14.4 Å². The van der Waals surface area contributed by atoms with Crippen LogP contribution in [-0.4, -0.2) is 60.9 Å². The van der Waals surface area contributed by atoms with E-state index in [2.05, 4.69) is 26.4 Å². The fraction of sp³-hybridized carbons (Fsp3) is 0.407. The molecule has 4 aromatic rings. The summed E-state index contributed by atoms with van der Waals surface area (Å²) in [5, 5.41) is 23.4. The molecule has 0 aliphatic carbocycles. The molecule has 1 aliphatic heterocycles. The summed E-state index contributed by atoms with van der Waals surface area (Å²) < 4.78 is 9.36. The predicted molar refractivity (Wildman–Crippen MR) is 141 cm³/mol. The molecule has 0 bridgehead atoms. The lowest BCUT2D eigenvalue weighted by atomic mass is 9.84. The number of carboxylic acid groups (broad SMARTS) is 1. The van der Waals surface area contributed by atoms with Gasteiger partial charge >= 0.3 is 5.97 Å². The van der Waals surface area contributed by atoms with Gasteiger partial charge < -0.3 is 9.84 Å². The Balaban J connectivity index is 1.49. The summed E-state index contributed by atoms with van der Waals surface area (Å²) in [6.07, 6.45) is 5.95. The van der Waals surface area contributed by atoms with Gasteiger partial charge in [0.1, 0.15) is 16.8 Å². The number of carboxylic acids is 1. The molecule has 1 saturated heterocycles. The Morgan fingerprint density at radius 1 is 1.32 bits per heavy atom. The Kier molecular flexibility index (Phi) is 7.17. The fourth-order valence-electron chi connectivity index (χ4n) is 5.50. The molecule has 2 atom stereocenters. The lowest BCUT2D eigenvalue weighted by Crippen LogP contribution is -2.36. The third-order valence-electron chi connectivity index (χ3n) is 7.35.